The van der Waals surface area contributed by atoms with Crippen molar-refractivity contribution >= 4 is 17.6 Å². The average molecular weight is 339 g/mol. The van der Waals surface area contributed by atoms with Gasteiger partial charge in [-0.15, -0.1) is 0 Å². The fraction of sp³-hybridized carbons (Fsp3) is 0.333. The lowest BCUT2D eigenvalue weighted by Crippen LogP contribution is -2.36. The zero-order chi connectivity index (χ0) is 17.8. The molecule has 1 aliphatic heterocycles. The standard InChI is InChI=1S/C18H21N5O2/c1-13(24)22-6-3-7-23(9-8-22)18(25)15-5-2-4-14(10-15)16-11-17(19)21-12-20-16/h2,4-5,10-12H,3,6-9H2,1H3,(H2,19,20,21). The summed E-state index contributed by atoms with van der Waals surface area (Å²) in [4.78, 5) is 36.1. The van der Waals surface area contributed by atoms with Crippen LogP contribution in [-0.2, 0) is 4.79 Å². The van der Waals surface area contributed by atoms with Gasteiger partial charge in [0.25, 0.3) is 5.91 Å². The molecular formula is C18H21N5O2. The Morgan fingerprint density at radius 1 is 1.04 bits per heavy atom. The minimum atomic E-state index is -0.0331. The molecule has 1 fully saturated rings. The molecule has 2 heterocycles. The molecule has 25 heavy (non-hydrogen) atoms. The maximum atomic E-state index is 12.8. The lowest BCUT2D eigenvalue weighted by atomic mass is 10.1. The molecule has 3 rings (SSSR count). The maximum Gasteiger partial charge on any atom is 0.253 e. The van der Waals surface area contributed by atoms with Crippen LogP contribution in [0.3, 0.4) is 0 Å². The van der Waals surface area contributed by atoms with Crippen LogP contribution in [0.1, 0.15) is 23.7 Å². The molecule has 1 aliphatic rings. The Hall–Kier alpha value is -2.96. The number of benzene rings is 1. The molecule has 1 saturated heterocycles. The van der Waals surface area contributed by atoms with Gasteiger partial charge in [0, 0.05) is 50.3 Å². The molecular weight excluding hydrogens is 318 g/mol. The summed E-state index contributed by atoms with van der Waals surface area (Å²) in [6, 6.07) is 9.01. The van der Waals surface area contributed by atoms with Crippen molar-refractivity contribution in [2.75, 3.05) is 31.9 Å². The number of aromatic nitrogens is 2. The number of nitrogens with two attached hydrogens (primary N) is 1. The second-order valence-corrected chi connectivity index (χ2v) is 6.06. The van der Waals surface area contributed by atoms with Crippen molar-refractivity contribution in [1.29, 1.82) is 0 Å². The zero-order valence-electron chi connectivity index (χ0n) is 14.2. The second-order valence-electron chi connectivity index (χ2n) is 6.06. The predicted molar refractivity (Wildman–Crippen MR) is 94.7 cm³/mol. The quantitative estimate of drug-likeness (QED) is 0.893. The number of anilines is 1. The fourth-order valence-electron chi connectivity index (χ4n) is 2.96. The SMILES string of the molecule is CC(=O)N1CCCN(C(=O)c2cccc(-c3cc(N)ncn3)c2)CC1. The normalized spacial score (nSPS) is 14.9. The molecule has 0 unspecified atom stereocenters. The van der Waals surface area contributed by atoms with Crippen molar-refractivity contribution in [1.82, 2.24) is 19.8 Å². The zero-order valence-corrected chi connectivity index (χ0v) is 14.2. The van der Waals surface area contributed by atoms with Crippen LogP contribution in [0.25, 0.3) is 11.3 Å². The van der Waals surface area contributed by atoms with Crippen molar-refractivity contribution in [2.24, 2.45) is 0 Å². The molecule has 1 aromatic heterocycles. The van der Waals surface area contributed by atoms with E-state index in [-0.39, 0.29) is 11.8 Å². The average Bonchev–Trinajstić information content (AvgIpc) is 2.87. The third-order valence-corrected chi connectivity index (χ3v) is 4.32. The summed E-state index contributed by atoms with van der Waals surface area (Å²) >= 11 is 0. The van der Waals surface area contributed by atoms with Gasteiger partial charge in [0.1, 0.15) is 12.1 Å². The van der Waals surface area contributed by atoms with Crippen LogP contribution >= 0.6 is 0 Å². The molecule has 0 radical (unpaired) electrons. The second kappa shape index (κ2) is 7.29. The van der Waals surface area contributed by atoms with E-state index in [2.05, 4.69) is 9.97 Å². The molecule has 2 amide bonds. The first-order valence-electron chi connectivity index (χ1n) is 8.27. The molecule has 0 aliphatic carbocycles. The smallest absolute Gasteiger partial charge is 0.253 e. The fourth-order valence-corrected chi connectivity index (χ4v) is 2.96. The van der Waals surface area contributed by atoms with Gasteiger partial charge in [-0.3, -0.25) is 9.59 Å². The van der Waals surface area contributed by atoms with Gasteiger partial charge >= 0.3 is 0 Å². The lowest BCUT2D eigenvalue weighted by molar-refractivity contribution is -0.128. The highest BCUT2D eigenvalue weighted by molar-refractivity contribution is 5.95. The van der Waals surface area contributed by atoms with Gasteiger partial charge in [0.15, 0.2) is 0 Å². The van der Waals surface area contributed by atoms with Crippen molar-refractivity contribution in [2.45, 2.75) is 13.3 Å². The Bertz CT molecular complexity index is 793. The van der Waals surface area contributed by atoms with E-state index in [1.807, 2.05) is 18.2 Å². The number of carbonyl (C=O) groups excluding carboxylic acids is 2. The van der Waals surface area contributed by atoms with E-state index in [0.717, 1.165) is 12.0 Å². The van der Waals surface area contributed by atoms with Crippen molar-refractivity contribution in [3.63, 3.8) is 0 Å². The van der Waals surface area contributed by atoms with Crippen molar-refractivity contribution in [3.05, 3.63) is 42.2 Å². The Morgan fingerprint density at radius 3 is 2.56 bits per heavy atom. The maximum absolute atomic E-state index is 12.8. The number of nitrogen functional groups attached to an aromatic ring is 1. The summed E-state index contributed by atoms with van der Waals surface area (Å²) in [6.45, 7) is 4.02. The van der Waals surface area contributed by atoms with E-state index in [9.17, 15) is 9.59 Å². The highest BCUT2D eigenvalue weighted by Crippen LogP contribution is 2.20. The van der Waals surface area contributed by atoms with Gasteiger partial charge in [-0.1, -0.05) is 12.1 Å². The molecule has 0 saturated carbocycles. The Kier molecular flexibility index (Phi) is 4.92. The monoisotopic (exact) mass is 339 g/mol. The first-order chi connectivity index (χ1) is 12.0. The topological polar surface area (TPSA) is 92.4 Å². The van der Waals surface area contributed by atoms with Crippen LogP contribution in [0.5, 0.6) is 0 Å². The predicted octanol–water partition coefficient (Wildman–Crippen LogP) is 1.42. The summed E-state index contributed by atoms with van der Waals surface area (Å²) in [5, 5.41) is 0. The number of carbonyl (C=O) groups is 2. The molecule has 130 valence electrons. The highest BCUT2D eigenvalue weighted by atomic mass is 16.2. The largest absolute Gasteiger partial charge is 0.384 e. The third-order valence-electron chi connectivity index (χ3n) is 4.32. The Labute approximate surface area is 146 Å². The van der Waals surface area contributed by atoms with Crippen LogP contribution < -0.4 is 5.73 Å². The highest BCUT2D eigenvalue weighted by Gasteiger charge is 2.21. The number of nitrogens with zero attached hydrogens (tertiary/aromatic N) is 4. The van der Waals surface area contributed by atoms with Crippen LogP contribution in [0.2, 0.25) is 0 Å². The molecule has 2 aromatic rings. The van der Waals surface area contributed by atoms with Crippen molar-refractivity contribution in [3.8, 4) is 11.3 Å². The van der Waals surface area contributed by atoms with Crippen molar-refractivity contribution < 1.29 is 9.59 Å². The summed E-state index contributed by atoms with van der Waals surface area (Å²) in [7, 11) is 0. The minimum absolute atomic E-state index is 0.0331. The van der Waals surface area contributed by atoms with Crippen LogP contribution in [0.4, 0.5) is 5.82 Å². The Balaban J connectivity index is 1.78. The molecule has 2 N–H and O–H groups in total. The van der Waals surface area contributed by atoms with E-state index < -0.39 is 0 Å². The summed E-state index contributed by atoms with van der Waals surface area (Å²) in [5.74, 6) is 0.408. The van der Waals surface area contributed by atoms with E-state index >= 15 is 0 Å². The summed E-state index contributed by atoms with van der Waals surface area (Å²) in [5.41, 5.74) is 7.81. The van der Waals surface area contributed by atoms with Crippen LogP contribution in [0, 0.1) is 0 Å². The number of hydrogen-bond acceptors (Lipinski definition) is 5. The molecule has 1 aromatic carbocycles. The van der Waals surface area contributed by atoms with E-state index in [1.54, 1.807) is 28.9 Å². The van der Waals surface area contributed by atoms with E-state index in [0.29, 0.717) is 43.3 Å². The van der Waals surface area contributed by atoms with Gasteiger partial charge in [-0.25, -0.2) is 9.97 Å². The van der Waals surface area contributed by atoms with Gasteiger partial charge in [0.05, 0.1) is 5.69 Å². The van der Waals surface area contributed by atoms with Crippen LogP contribution in [-0.4, -0.2) is 57.8 Å². The number of rotatable bonds is 2. The first kappa shape index (κ1) is 16.9. The van der Waals surface area contributed by atoms with E-state index in [1.165, 1.54) is 6.33 Å². The van der Waals surface area contributed by atoms with Gasteiger partial charge in [-0.2, -0.15) is 0 Å². The Morgan fingerprint density at radius 2 is 1.80 bits per heavy atom. The molecule has 0 bridgehead atoms. The summed E-state index contributed by atoms with van der Waals surface area (Å²) in [6.07, 6.45) is 2.19. The third kappa shape index (κ3) is 3.93. The van der Waals surface area contributed by atoms with E-state index in [4.69, 9.17) is 5.73 Å². The van der Waals surface area contributed by atoms with Crippen LogP contribution in [0.15, 0.2) is 36.7 Å². The summed E-state index contributed by atoms with van der Waals surface area (Å²) < 4.78 is 0. The number of amides is 2. The lowest BCUT2D eigenvalue weighted by Gasteiger charge is -2.21. The first-order valence-corrected chi connectivity index (χ1v) is 8.27. The minimum Gasteiger partial charge on any atom is -0.384 e. The molecule has 7 heteroatoms. The van der Waals surface area contributed by atoms with Gasteiger partial charge < -0.3 is 15.5 Å². The van der Waals surface area contributed by atoms with Gasteiger partial charge in [-0.05, 0) is 18.6 Å². The van der Waals surface area contributed by atoms with Gasteiger partial charge in [0.2, 0.25) is 5.91 Å². The molecule has 0 spiro atoms. The molecule has 0 atom stereocenters. The number of hydrogen-bond donors (Lipinski definition) is 1. The molecule has 7 nitrogen and oxygen atoms in total.